The lowest BCUT2D eigenvalue weighted by Crippen LogP contribution is -2.68. The van der Waals surface area contributed by atoms with Crippen LogP contribution < -0.4 is 10.1 Å². The topological polar surface area (TPSA) is 78.9 Å². The molecule has 3 aliphatic heterocycles. The van der Waals surface area contributed by atoms with Crippen LogP contribution in [0, 0.1) is 5.92 Å². The molecule has 2 unspecified atom stereocenters. The number of piperidine rings is 3. The number of ether oxygens (including phenoxy) is 1. The molecule has 6 nitrogen and oxygen atoms in total. The summed E-state index contributed by atoms with van der Waals surface area (Å²) >= 11 is 0. The summed E-state index contributed by atoms with van der Waals surface area (Å²) in [7, 11) is 0. The highest BCUT2D eigenvalue weighted by Gasteiger charge is 2.53. The third-order valence-electron chi connectivity index (χ3n) is 6.63. The first kappa shape index (κ1) is 21.5. The Morgan fingerprint density at radius 1 is 1.23 bits per heavy atom. The molecule has 3 aliphatic rings. The van der Waals surface area contributed by atoms with E-state index < -0.39 is 11.6 Å². The van der Waals surface area contributed by atoms with Gasteiger partial charge in [-0.15, -0.1) is 0 Å². The lowest BCUT2D eigenvalue weighted by atomic mass is 9.71. The van der Waals surface area contributed by atoms with Gasteiger partial charge in [-0.25, -0.2) is 0 Å². The minimum atomic E-state index is -1.18. The SMILES string of the molecule is CCC(=O)Nc1ccc(OCC2(O)C3CCN(CC3)C2C=O)c(Cc2ccccc2)c1. The van der Waals surface area contributed by atoms with Gasteiger partial charge in [-0.1, -0.05) is 37.3 Å². The largest absolute Gasteiger partial charge is 0.490 e. The summed E-state index contributed by atoms with van der Waals surface area (Å²) < 4.78 is 6.17. The molecule has 0 saturated carbocycles. The second-order valence-electron chi connectivity index (χ2n) is 8.56. The van der Waals surface area contributed by atoms with Crippen LogP contribution in [0.4, 0.5) is 5.69 Å². The maximum absolute atomic E-state index is 11.8. The highest BCUT2D eigenvalue weighted by molar-refractivity contribution is 5.90. The van der Waals surface area contributed by atoms with Crippen molar-refractivity contribution >= 4 is 17.9 Å². The molecular formula is C25H30N2O4. The van der Waals surface area contributed by atoms with E-state index >= 15 is 0 Å². The highest BCUT2D eigenvalue weighted by atomic mass is 16.5. The van der Waals surface area contributed by atoms with Crippen LogP contribution in [0.25, 0.3) is 0 Å². The van der Waals surface area contributed by atoms with E-state index in [4.69, 9.17) is 4.74 Å². The molecule has 164 valence electrons. The lowest BCUT2D eigenvalue weighted by Gasteiger charge is -2.53. The van der Waals surface area contributed by atoms with Gasteiger partial charge in [-0.3, -0.25) is 9.69 Å². The van der Waals surface area contributed by atoms with Gasteiger partial charge in [0, 0.05) is 24.1 Å². The average Bonchev–Trinajstić information content (AvgIpc) is 2.80. The first-order valence-electron chi connectivity index (χ1n) is 11.0. The van der Waals surface area contributed by atoms with Crippen LogP contribution in [-0.4, -0.2) is 53.5 Å². The Morgan fingerprint density at radius 2 is 1.97 bits per heavy atom. The third-order valence-corrected chi connectivity index (χ3v) is 6.63. The van der Waals surface area contributed by atoms with E-state index in [0.29, 0.717) is 18.6 Å². The van der Waals surface area contributed by atoms with E-state index in [0.717, 1.165) is 49.0 Å². The summed E-state index contributed by atoms with van der Waals surface area (Å²) in [6.07, 6.45) is 3.66. The second kappa shape index (κ2) is 9.20. The molecule has 6 heteroatoms. The number of rotatable bonds is 8. The first-order valence-corrected chi connectivity index (χ1v) is 11.0. The van der Waals surface area contributed by atoms with Crippen molar-refractivity contribution in [2.45, 2.75) is 44.2 Å². The summed E-state index contributed by atoms with van der Waals surface area (Å²) in [6, 6.07) is 15.1. The van der Waals surface area contributed by atoms with E-state index in [9.17, 15) is 14.7 Å². The van der Waals surface area contributed by atoms with E-state index in [-0.39, 0.29) is 18.4 Å². The molecule has 2 bridgehead atoms. The zero-order valence-electron chi connectivity index (χ0n) is 17.9. The van der Waals surface area contributed by atoms with Gasteiger partial charge in [0.1, 0.15) is 24.2 Å². The summed E-state index contributed by atoms with van der Waals surface area (Å²) in [5, 5.41) is 14.3. The molecule has 3 heterocycles. The van der Waals surface area contributed by atoms with Crippen molar-refractivity contribution in [3.05, 3.63) is 59.7 Å². The third kappa shape index (κ3) is 4.50. The Hall–Kier alpha value is -2.70. The van der Waals surface area contributed by atoms with E-state index in [1.165, 1.54) is 0 Å². The number of anilines is 1. The van der Waals surface area contributed by atoms with Crippen LogP contribution >= 0.6 is 0 Å². The number of nitrogens with zero attached hydrogens (tertiary/aromatic N) is 1. The van der Waals surface area contributed by atoms with E-state index in [1.807, 2.05) is 55.5 Å². The molecule has 31 heavy (non-hydrogen) atoms. The van der Waals surface area contributed by atoms with Crippen molar-refractivity contribution in [3.8, 4) is 5.75 Å². The van der Waals surface area contributed by atoms with Crippen molar-refractivity contribution in [2.75, 3.05) is 25.0 Å². The Balaban J connectivity index is 1.57. The monoisotopic (exact) mass is 422 g/mol. The Bertz CT molecular complexity index is 924. The summed E-state index contributed by atoms with van der Waals surface area (Å²) in [4.78, 5) is 25.7. The van der Waals surface area contributed by atoms with Gasteiger partial charge in [-0.05, 0) is 55.6 Å². The fraction of sp³-hybridized carbons (Fsp3) is 0.440. The smallest absolute Gasteiger partial charge is 0.224 e. The van der Waals surface area contributed by atoms with Crippen molar-refractivity contribution in [3.63, 3.8) is 0 Å². The van der Waals surface area contributed by atoms with Gasteiger partial charge in [0.25, 0.3) is 0 Å². The van der Waals surface area contributed by atoms with Gasteiger partial charge in [0.2, 0.25) is 5.91 Å². The second-order valence-corrected chi connectivity index (χ2v) is 8.56. The number of nitrogens with one attached hydrogen (secondary N) is 1. The molecule has 0 aromatic heterocycles. The number of carbonyl (C=O) groups is 2. The van der Waals surface area contributed by atoms with E-state index in [1.54, 1.807) is 0 Å². The zero-order valence-corrected chi connectivity index (χ0v) is 17.9. The average molecular weight is 423 g/mol. The summed E-state index contributed by atoms with van der Waals surface area (Å²) in [5.74, 6) is 0.677. The van der Waals surface area contributed by atoms with Crippen LogP contribution in [0.1, 0.15) is 37.3 Å². The Morgan fingerprint density at radius 3 is 2.65 bits per heavy atom. The zero-order chi connectivity index (χ0) is 21.8. The molecule has 2 aromatic rings. The molecule has 2 N–H and O–H groups in total. The minimum absolute atomic E-state index is 0.0465. The number of aliphatic hydroxyl groups is 1. The highest BCUT2D eigenvalue weighted by Crippen LogP contribution is 2.40. The van der Waals surface area contributed by atoms with Gasteiger partial charge < -0.3 is 20.0 Å². The van der Waals surface area contributed by atoms with Crippen LogP contribution in [0.15, 0.2) is 48.5 Å². The maximum atomic E-state index is 11.8. The van der Waals surface area contributed by atoms with Gasteiger partial charge in [0.05, 0.1) is 6.04 Å². The molecule has 2 aromatic carbocycles. The van der Waals surface area contributed by atoms with Crippen LogP contribution in [0.5, 0.6) is 5.75 Å². The van der Waals surface area contributed by atoms with Crippen LogP contribution in [-0.2, 0) is 16.0 Å². The van der Waals surface area contributed by atoms with Gasteiger partial charge >= 0.3 is 0 Å². The molecule has 3 saturated heterocycles. The predicted molar refractivity (Wildman–Crippen MR) is 119 cm³/mol. The number of carbonyl (C=O) groups excluding carboxylic acids is 2. The fourth-order valence-electron chi connectivity index (χ4n) is 4.84. The summed E-state index contributed by atoms with van der Waals surface area (Å²) in [6.45, 7) is 3.58. The molecular weight excluding hydrogens is 392 g/mol. The predicted octanol–water partition coefficient (Wildman–Crippen LogP) is 3.03. The van der Waals surface area contributed by atoms with Gasteiger partial charge in [0.15, 0.2) is 0 Å². The maximum Gasteiger partial charge on any atom is 0.224 e. The molecule has 0 aliphatic carbocycles. The van der Waals surface area contributed by atoms with Crippen molar-refractivity contribution < 1.29 is 19.4 Å². The van der Waals surface area contributed by atoms with Crippen LogP contribution in [0.2, 0.25) is 0 Å². The lowest BCUT2D eigenvalue weighted by molar-refractivity contribution is -0.172. The van der Waals surface area contributed by atoms with Crippen molar-refractivity contribution in [1.29, 1.82) is 0 Å². The molecule has 3 fully saturated rings. The molecule has 0 radical (unpaired) electrons. The molecule has 1 amide bonds. The minimum Gasteiger partial charge on any atom is -0.490 e. The standard InChI is InChI=1S/C25H30N2O4/c1-2-24(29)26-21-8-9-22(19(15-21)14-18-6-4-3-5-7-18)31-17-25(30)20-10-12-27(13-11-20)23(25)16-28/h3-9,15-16,20,23,30H,2,10-14,17H2,1H3,(H,26,29). The Kier molecular flexibility index (Phi) is 6.39. The summed E-state index contributed by atoms with van der Waals surface area (Å²) in [5.41, 5.74) is 1.58. The van der Waals surface area contributed by atoms with Crippen molar-refractivity contribution in [2.24, 2.45) is 5.92 Å². The number of aldehydes is 1. The number of hydrogen-bond donors (Lipinski definition) is 2. The number of fused-ring (bicyclic) bond motifs is 3. The van der Waals surface area contributed by atoms with Gasteiger partial charge in [-0.2, -0.15) is 0 Å². The van der Waals surface area contributed by atoms with Crippen molar-refractivity contribution in [1.82, 2.24) is 4.90 Å². The quantitative estimate of drug-likeness (QED) is 0.640. The van der Waals surface area contributed by atoms with Crippen LogP contribution in [0.3, 0.4) is 0 Å². The molecule has 5 rings (SSSR count). The normalized spacial score (nSPS) is 27.0. The molecule has 0 spiro atoms. The molecule has 2 atom stereocenters. The number of benzene rings is 2. The Labute approximate surface area is 183 Å². The first-order chi connectivity index (χ1) is 15.0. The van der Waals surface area contributed by atoms with E-state index in [2.05, 4.69) is 10.2 Å². The number of hydrogen-bond acceptors (Lipinski definition) is 5. The number of amides is 1. The fourth-order valence-corrected chi connectivity index (χ4v) is 4.84.